The Morgan fingerprint density at radius 3 is 1.30 bits per heavy atom. The second-order valence-electron chi connectivity index (χ2n) is 2.38. The molecular formula is C6H12N2O2. The SMILES string of the molecule is CC(C(N)=O)[C@H](C)C(N)=O. The summed E-state index contributed by atoms with van der Waals surface area (Å²) in [5, 5.41) is 0. The molecule has 0 aromatic carbocycles. The first-order valence-electron chi connectivity index (χ1n) is 3.05. The molecule has 1 unspecified atom stereocenters. The fourth-order valence-electron chi connectivity index (χ4n) is 0.493. The van der Waals surface area contributed by atoms with E-state index < -0.39 is 23.7 Å². The molecule has 0 fully saturated rings. The fourth-order valence-corrected chi connectivity index (χ4v) is 0.493. The Morgan fingerprint density at radius 1 is 1.00 bits per heavy atom. The molecule has 4 N–H and O–H groups in total. The molecule has 0 aliphatic rings. The molecule has 0 radical (unpaired) electrons. The molecule has 2 atom stereocenters. The summed E-state index contributed by atoms with van der Waals surface area (Å²) in [5.74, 6) is -1.94. The van der Waals surface area contributed by atoms with Crippen LogP contribution in [0, 0.1) is 11.8 Å². The average molecular weight is 144 g/mol. The van der Waals surface area contributed by atoms with Crippen LogP contribution in [-0.4, -0.2) is 11.8 Å². The molecule has 0 saturated carbocycles. The minimum atomic E-state index is -0.494. The van der Waals surface area contributed by atoms with E-state index in [2.05, 4.69) is 0 Å². The quantitative estimate of drug-likeness (QED) is 0.545. The summed E-state index contributed by atoms with van der Waals surface area (Å²) < 4.78 is 0. The molecule has 0 aromatic heterocycles. The third kappa shape index (κ3) is 2.05. The van der Waals surface area contributed by atoms with E-state index in [0.717, 1.165) is 0 Å². The highest BCUT2D eigenvalue weighted by molar-refractivity contribution is 5.85. The molecule has 0 heterocycles. The van der Waals surface area contributed by atoms with Crippen LogP contribution in [0.15, 0.2) is 0 Å². The van der Waals surface area contributed by atoms with E-state index in [9.17, 15) is 9.59 Å². The number of amides is 2. The van der Waals surface area contributed by atoms with Gasteiger partial charge < -0.3 is 11.5 Å². The average Bonchev–Trinajstić information content (AvgIpc) is 1.84. The van der Waals surface area contributed by atoms with Gasteiger partial charge in [0.1, 0.15) is 0 Å². The Kier molecular flexibility index (Phi) is 2.86. The summed E-state index contributed by atoms with van der Waals surface area (Å²) in [7, 11) is 0. The molecule has 0 spiro atoms. The van der Waals surface area contributed by atoms with Gasteiger partial charge in [0.15, 0.2) is 0 Å². The maximum absolute atomic E-state index is 10.5. The summed E-state index contributed by atoms with van der Waals surface area (Å²) >= 11 is 0. The van der Waals surface area contributed by atoms with Crippen LogP contribution in [0.2, 0.25) is 0 Å². The van der Waals surface area contributed by atoms with Gasteiger partial charge in [-0.3, -0.25) is 9.59 Å². The van der Waals surface area contributed by atoms with Crippen LogP contribution < -0.4 is 11.5 Å². The van der Waals surface area contributed by atoms with Crippen LogP contribution in [-0.2, 0) is 9.59 Å². The van der Waals surface area contributed by atoms with Gasteiger partial charge in [0.2, 0.25) is 11.8 Å². The maximum atomic E-state index is 10.5. The van der Waals surface area contributed by atoms with E-state index in [-0.39, 0.29) is 0 Å². The second-order valence-corrected chi connectivity index (χ2v) is 2.38. The number of carbonyl (C=O) groups is 2. The number of nitrogens with two attached hydrogens (primary N) is 2. The lowest BCUT2D eigenvalue weighted by Crippen LogP contribution is -2.34. The molecule has 2 amide bonds. The predicted molar refractivity (Wildman–Crippen MR) is 36.7 cm³/mol. The summed E-state index contributed by atoms with van der Waals surface area (Å²) in [6, 6.07) is 0. The maximum Gasteiger partial charge on any atom is 0.221 e. The van der Waals surface area contributed by atoms with Gasteiger partial charge in [-0.2, -0.15) is 0 Å². The summed E-state index contributed by atoms with van der Waals surface area (Å²) in [6.07, 6.45) is 0. The number of primary amides is 2. The normalized spacial score (nSPS) is 15.8. The van der Waals surface area contributed by atoms with Crippen LogP contribution in [0.3, 0.4) is 0 Å². The third-order valence-corrected chi connectivity index (χ3v) is 1.65. The van der Waals surface area contributed by atoms with Gasteiger partial charge in [-0.1, -0.05) is 13.8 Å². The first kappa shape index (κ1) is 8.94. The zero-order valence-corrected chi connectivity index (χ0v) is 6.13. The van der Waals surface area contributed by atoms with Gasteiger partial charge in [-0.05, 0) is 0 Å². The lowest BCUT2D eigenvalue weighted by molar-refractivity contribution is -0.130. The van der Waals surface area contributed by atoms with Crippen molar-refractivity contribution in [1.29, 1.82) is 0 Å². The number of hydrogen-bond acceptors (Lipinski definition) is 2. The Balaban J connectivity index is 4.07. The molecular weight excluding hydrogens is 132 g/mol. The van der Waals surface area contributed by atoms with Crippen molar-refractivity contribution in [2.24, 2.45) is 23.3 Å². The van der Waals surface area contributed by atoms with Gasteiger partial charge in [-0.15, -0.1) is 0 Å². The van der Waals surface area contributed by atoms with E-state index in [1.807, 2.05) is 0 Å². The minimum Gasteiger partial charge on any atom is -0.369 e. The Hall–Kier alpha value is -1.06. The van der Waals surface area contributed by atoms with E-state index in [1.54, 1.807) is 13.8 Å². The number of rotatable bonds is 3. The highest BCUT2D eigenvalue weighted by Crippen LogP contribution is 2.08. The molecule has 0 rings (SSSR count). The van der Waals surface area contributed by atoms with Crippen LogP contribution >= 0.6 is 0 Å². The largest absolute Gasteiger partial charge is 0.369 e. The molecule has 0 aliphatic carbocycles. The molecule has 58 valence electrons. The first-order valence-corrected chi connectivity index (χ1v) is 3.05. The van der Waals surface area contributed by atoms with Crippen molar-refractivity contribution >= 4 is 11.8 Å². The van der Waals surface area contributed by atoms with Crippen molar-refractivity contribution in [2.75, 3.05) is 0 Å². The molecule has 4 heteroatoms. The van der Waals surface area contributed by atoms with Crippen LogP contribution in [0.25, 0.3) is 0 Å². The van der Waals surface area contributed by atoms with Crippen molar-refractivity contribution in [2.45, 2.75) is 13.8 Å². The zero-order valence-electron chi connectivity index (χ0n) is 6.13. The molecule has 0 saturated heterocycles. The topological polar surface area (TPSA) is 86.2 Å². The Morgan fingerprint density at radius 2 is 1.20 bits per heavy atom. The van der Waals surface area contributed by atoms with Gasteiger partial charge >= 0.3 is 0 Å². The van der Waals surface area contributed by atoms with Crippen LogP contribution in [0.4, 0.5) is 0 Å². The highest BCUT2D eigenvalue weighted by atomic mass is 16.2. The van der Waals surface area contributed by atoms with Crippen molar-refractivity contribution in [3.05, 3.63) is 0 Å². The third-order valence-electron chi connectivity index (χ3n) is 1.65. The van der Waals surface area contributed by atoms with Gasteiger partial charge in [0.25, 0.3) is 0 Å². The van der Waals surface area contributed by atoms with Gasteiger partial charge in [0, 0.05) is 11.8 Å². The second kappa shape index (κ2) is 3.20. The Bertz CT molecular complexity index is 138. The lowest BCUT2D eigenvalue weighted by Gasteiger charge is -2.11. The van der Waals surface area contributed by atoms with Crippen molar-refractivity contribution in [1.82, 2.24) is 0 Å². The number of carbonyl (C=O) groups excluding carboxylic acids is 2. The lowest BCUT2D eigenvalue weighted by atomic mass is 9.95. The first-order chi connectivity index (χ1) is 4.46. The van der Waals surface area contributed by atoms with E-state index in [1.165, 1.54) is 0 Å². The molecule has 0 aliphatic heterocycles. The molecule has 0 bridgehead atoms. The van der Waals surface area contributed by atoms with E-state index in [0.29, 0.717) is 0 Å². The van der Waals surface area contributed by atoms with Gasteiger partial charge in [-0.25, -0.2) is 0 Å². The minimum absolute atomic E-state index is 0.475. The molecule has 0 aromatic rings. The fraction of sp³-hybridized carbons (Fsp3) is 0.667. The Labute approximate surface area is 59.6 Å². The van der Waals surface area contributed by atoms with Crippen molar-refractivity contribution < 1.29 is 9.59 Å². The van der Waals surface area contributed by atoms with Crippen LogP contribution in [0.5, 0.6) is 0 Å². The number of hydrogen-bond donors (Lipinski definition) is 2. The van der Waals surface area contributed by atoms with E-state index >= 15 is 0 Å². The summed E-state index contributed by atoms with van der Waals surface area (Å²) in [6.45, 7) is 3.16. The molecule has 10 heavy (non-hydrogen) atoms. The van der Waals surface area contributed by atoms with Gasteiger partial charge in [0.05, 0.1) is 0 Å². The van der Waals surface area contributed by atoms with E-state index in [4.69, 9.17) is 11.5 Å². The predicted octanol–water partition coefficient (Wildman–Crippen LogP) is -0.771. The zero-order chi connectivity index (χ0) is 8.31. The monoisotopic (exact) mass is 144 g/mol. The summed E-state index contributed by atoms with van der Waals surface area (Å²) in [4.78, 5) is 20.9. The van der Waals surface area contributed by atoms with Crippen LogP contribution in [0.1, 0.15) is 13.8 Å². The summed E-state index contributed by atoms with van der Waals surface area (Å²) in [5.41, 5.74) is 9.86. The molecule has 4 nitrogen and oxygen atoms in total. The van der Waals surface area contributed by atoms with Crippen molar-refractivity contribution in [3.63, 3.8) is 0 Å². The standard InChI is InChI=1S/C6H12N2O2/c1-3(5(7)9)4(2)6(8)10/h3-4H,1-2H3,(H2,7,9)(H2,8,10)/t3-,4?/m0/s1. The highest BCUT2D eigenvalue weighted by Gasteiger charge is 2.21. The van der Waals surface area contributed by atoms with Crippen molar-refractivity contribution in [3.8, 4) is 0 Å². The smallest absolute Gasteiger partial charge is 0.221 e.